The maximum Gasteiger partial charge on any atom is -0.0307 e. The number of benzene rings is 1. The van der Waals surface area contributed by atoms with Crippen molar-refractivity contribution in [3.63, 3.8) is 0 Å². The Balaban J connectivity index is 0.000000810. The third-order valence-corrected chi connectivity index (χ3v) is 1.49. The molecule has 0 spiro atoms. The van der Waals surface area contributed by atoms with Crippen LogP contribution in [0, 0.1) is 6.92 Å². The summed E-state index contributed by atoms with van der Waals surface area (Å²) in [6, 6.07) is 8.61. The molecule has 10 heavy (non-hydrogen) atoms. The molecule has 1 nitrogen and oxygen atoms in total. The average molecular weight is 137 g/mol. The van der Waals surface area contributed by atoms with Gasteiger partial charge in [-0.25, -0.2) is 0 Å². The van der Waals surface area contributed by atoms with Crippen molar-refractivity contribution in [2.24, 2.45) is 0 Å². The fourth-order valence-electron chi connectivity index (χ4n) is 0.932. The van der Waals surface area contributed by atoms with Crippen LogP contribution in [0.3, 0.4) is 0 Å². The summed E-state index contributed by atoms with van der Waals surface area (Å²) in [5.41, 5.74) is 2.78. The summed E-state index contributed by atoms with van der Waals surface area (Å²) in [5.74, 6) is 0. The second-order valence-corrected chi connectivity index (χ2v) is 2.34. The van der Waals surface area contributed by atoms with Crippen LogP contribution in [0.1, 0.15) is 18.1 Å². The molecule has 0 fully saturated rings. The van der Waals surface area contributed by atoms with Crippen molar-refractivity contribution in [1.82, 2.24) is 6.15 Å². The largest absolute Gasteiger partial charge is 0.344 e. The van der Waals surface area contributed by atoms with E-state index in [1.54, 1.807) is 0 Å². The standard InChI is InChI=1S/C9H12.H3N/c1-3-9-6-4-5-8(2)7-9;/h4-7H,3H2,1-2H3;1H3. The molecular weight excluding hydrogens is 122 g/mol. The Kier molecular flexibility index (Phi) is 3.74. The van der Waals surface area contributed by atoms with Crippen LogP contribution in [0.5, 0.6) is 0 Å². The minimum absolute atomic E-state index is 0. The molecule has 0 saturated carbocycles. The van der Waals surface area contributed by atoms with E-state index in [1.165, 1.54) is 11.1 Å². The summed E-state index contributed by atoms with van der Waals surface area (Å²) in [6.45, 7) is 4.30. The van der Waals surface area contributed by atoms with Crippen LogP contribution in [-0.2, 0) is 6.42 Å². The van der Waals surface area contributed by atoms with Gasteiger partial charge in [-0.1, -0.05) is 36.8 Å². The zero-order chi connectivity index (χ0) is 6.69. The predicted molar refractivity (Wildman–Crippen MR) is 45.6 cm³/mol. The highest BCUT2D eigenvalue weighted by atomic mass is 14.0. The normalized spacial score (nSPS) is 8.60. The van der Waals surface area contributed by atoms with E-state index in [4.69, 9.17) is 0 Å². The molecule has 56 valence electrons. The maximum absolute atomic E-state index is 2.22. The average Bonchev–Trinajstić information content (AvgIpc) is 1.88. The lowest BCUT2D eigenvalue weighted by atomic mass is 10.1. The van der Waals surface area contributed by atoms with Gasteiger partial charge in [0.25, 0.3) is 0 Å². The highest BCUT2D eigenvalue weighted by molar-refractivity contribution is 5.21. The third kappa shape index (κ3) is 2.19. The molecule has 0 heterocycles. The Bertz CT molecular complexity index is 194. The van der Waals surface area contributed by atoms with E-state index in [-0.39, 0.29) is 6.15 Å². The molecule has 0 aliphatic carbocycles. The molecule has 0 aromatic heterocycles. The summed E-state index contributed by atoms with van der Waals surface area (Å²) in [5, 5.41) is 0. The Morgan fingerprint density at radius 1 is 1.30 bits per heavy atom. The zero-order valence-corrected chi connectivity index (χ0v) is 6.72. The molecule has 0 radical (unpaired) electrons. The quantitative estimate of drug-likeness (QED) is 0.634. The molecule has 1 aromatic rings. The van der Waals surface area contributed by atoms with Crippen molar-refractivity contribution < 1.29 is 0 Å². The Morgan fingerprint density at radius 2 is 2.00 bits per heavy atom. The first-order valence-electron chi connectivity index (χ1n) is 3.38. The second kappa shape index (κ2) is 4.07. The van der Waals surface area contributed by atoms with Crippen molar-refractivity contribution in [1.29, 1.82) is 0 Å². The van der Waals surface area contributed by atoms with E-state index in [2.05, 4.69) is 38.1 Å². The molecule has 1 aromatic carbocycles. The predicted octanol–water partition coefficient (Wildman–Crippen LogP) is 2.72. The molecular formula is C9H15N. The number of hydrogen-bond donors (Lipinski definition) is 1. The van der Waals surface area contributed by atoms with Gasteiger partial charge < -0.3 is 6.15 Å². The summed E-state index contributed by atoms with van der Waals surface area (Å²) >= 11 is 0. The highest BCUT2D eigenvalue weighted by Gasteiger charge is 1.85. The molecule has 0 bridgehead atoms. The SMILES string of the molecule is CCc1cccc(C)c1.N. The van der Waals surface area contributed by atoms with Gasteiger partial charge in [-0.15, -0.1) is 0 Å². The molecule has 0 aliphatic heterocycles. The van der Waals surface area contributed by atoms with Gasteiger partial charge in [-0.3, -0.25) is 0 Å². The van der Waals surface area contributed by atoms with Crippen LogP contribution in [0.25, 0.3) is 0 Å². The van der Waals surface area contributed by atoms with Crippen LogP contribution >= 0.6 is 0 Å². The first-order valence-corrected chi connectivity index (χ1v) is 3.38. The summed E-state index contributed by atoms with van der Waals surface area (Å²) in [7, 11) is 0. The minimum atomic E-state index is 0. The van der Waals surface area contributed by atoms with E-state index in [0.717, 1.165) is 6.42 Å². The lowest BCUT2D eigenvalue weighted by Crippen LogP contribution is -1.78. The Labute approximate surface area is 62.7 Å². The van der Waals surface area contributed by atoms with Gasteiger partial charge in [-0.05, 0) is 18.9 Å². The van der Waals surface area contributed by atoms with Gasteiger partial charge in [0.1, 0.15) is 0 Å². The summed E-state index contributed by atoms with van der Waals surface area (Å²) in [6.07, 6.45) is 1.14. The molecule has 3 N–H and O–H groups in total. The smallest absolute Gasteiger partial charge is 0.0307 e. The van der Waals surface area contributed by atoms with Gasteiger partial charge >= 0.3 is 0 Å². The lowest BCUT2D eigenvalue weighted by Gasteiger charge is -1.95. The first kappa shape index (κ1) is 9.18. The fraction of sp³-hybridized carbons (Fsp3) is 0.333. The monoisotopic (exact) mass is 137 g/mol. The Morgan fingerprint density at radius 3 is 2.40 bits per heavy atom. The number of aryl methyl sites for hydroxylation is 2. The molecule has 0 amide bonds. The second-order valence-electron chi connectivity index (χ2n) is 2.34. The van der Waals surface area contributed by atoms with Crippen LogP contribution in [0.2, 0.25) is 0 Å². The van der Waals surface area contributed by atoms with Crippen molar-refractivity contribution in [3.05, 3.63) is 35.4 Å². The van der Waals surface area contributed by atoms with E-state index in [1.807, 2.05) is 0 Å². The van der Waals surface area contributed by atoms with Gasteiger partial charge in [0.2, 0.25) is 0 Å². The molecule has 1 heteroatoms. The van der Waals surface area contributed by atoms with Gasteiger partial charge in [0.15, 0.2) is 0 Å². The minimum Gasteiger partial charge on any atom is -0.344 e. The molecule has 0 aliphatic rings. The topological polar surface area (TPSA) is 35.0 Å². The number of rotatable bonds is 1. The first-order chi connectivity index (χ1) is 4.33. The van der Waals surface area contributed by atoms with E-state index < -0.39 is 0 Å². The van der Waals surface area contributed by atoms with E-state index >= 15 is 0 Å². The van der Waals surface area contributed by atoms with Crippen LogP contribution < -0.4 is 6.15 Å². The van der Waals surface area contributed by atoms with Gasteiger partial charge in [0, 0.05) is 0 Å². The maximum atomic E-state index is 2.22. The van der Waals surface area contributed by atoms with Crippen LogP contribution in [0.15, 0.2) is 24.3 Å². The van der Waals surface area contributed by atoms with Crippen molar-refractivity contribution in [2.75, 3.05) is 0 Å². The van der Waals surface area contributed by atoms with Crippen molar-refractivity contribution in [3.8, 4) is 0 Å². The highest BCUT2D eigenvalue weighted by Crippen LogP contribution is 2.03. The zero-order valence-electron chi connectivity index (χ0n) is 6.72. The molecule has 0 saturated heterocycles. The lowest BCUT2D eigenvalue weighted by molar-refractivity contribution is 1.13. The van der Waals surface area contributed by atoms with Crippen LogP contribution in [-0.4, -0.2) is 0 Å². The van der Waals surface area contributed by atoms with E-state index in [0.29, 0.717) is 0 Å². The van der Waals surface area contributed by atoms with Gasteiger partial charge in [-0.2, -0.15) is 0 Å². The fourth-order valence-corrected chi connectivity index (χ4v) is 0.932. The molecule has 1 rings (SSSR count). The Hall–Kier alpha value is -0.820. The van der Waals surface area contributed by atoms with E-state index in [9.17, 15) is 0 Å². The van der Waals surface area contributed by atoms with Crippen molar-refractivity contribution in [2.45, 2.75) is 20.3 Å². The van der Waals surface area contributed by atoms with Crippen molar-refractivity contribution >= 4 is 0 Å². The van der Waals surface area contributed by atoms with Crippen LogP contribution in [0.4, 0.5) is 0 Å². The summed E-state index contributed by atoms with van der Waals surface area (Å²) in [4.78, 5) is 0. The van der Waals surface area contributed by atoms with Gasteiger partial charge in [0.05, 0.1) is 0 Å². The molecule has 0 unspecified atom stereocenters. The molecule has 0 atom stereocenters. The summed E-state index contributed by atoms with van der Waals surface area (Å²) < 4.78 is 0. The number of hydrogen-bond acceptors (Lipinski definition) is 1. The third-order valence-electron chi connectivity index (χ3n) is 1.49.